The number of rotatable bonds is 5. The standard InChI is InChI=1S/C12H14N4O2S/c1-3-13-10-5-4-6-11(12(10)16(17)18)19-9-7-14-15(2)8-9/h4-8,13H,3H2,1-2H3. The van der Waals surface area contributed by atoms with Gasteiger partial charge in [-0.2, -0.15) is 5.10 Å². The van der Waals surface area contributed by atoms with Crippen molar-refractivity contribution in [3.8, 4) is 0 Å². The van der Waals surface area contributed by atoms with Gasteiger partial charge in [-0.25, -0.2) is 0 Å². The number of para-hydroxylation sites is 1. The van der Waals surface area contributed by atoms with Crippen LogP contribution in [0.15, 0.2) is 40.4 Å². The van der Waals surface area contributed by atoms with Gasteiger partial charge in [-0.1, -0.05) is 17.8 Å². The Hall–Kier alpha value is -2.02. The van der Waals surface area contributed by atoms with Gasteiger partial charge in [-0.3, -0.25) is 14.8 Å². The molecule has 0 aliphatic heterocycles. The molecule has 6 nitrogen and oxygen atoms in total. The van der Waals surface area contributed by atoms with E-state index in [-0.39, 0.29) is 10.6 Å². The van der Waals surface area contributed by atoms with Crippen LogP contribution < -0.4 is 5.32 Å². The van der Waals surface area contributed by atoms with E-state index < -0.39 is 0 Å². The molecule has 2 rings (SSSR count). The third kappa shape index (κ3) is 3.05. The van der Waals surface area contributed by atoms with E-state index in [1.54, 1.807) is 23.0 Å². The predicted octanol–water partition coefficient (Wildman–Crippen LogP) is 2.91. The van der Waals surface area contributed by atoms with Crippen LogP contribution in [0.4, 0.5) is 11.4 Å². The molecule has 0 bridgehead atoms. The first kappa shape index (κ1) is 13.4. The van der Waals surface area contributed by atoms with E-state index in [1.807, 2.05) is 26.2 Å². The molecule has 0 atom stereocenters. The Kier molecular flexibility index (Phi) is 4.06. The van der Waals surface area contributed by atoms with E-state index >= 15 is 0 Å². The summed E-state index contributed by atoms with van der Waals surface area (Å²) in [5.74, 6) is 0. The fourth-order valence-corrected chi connectivity index (χ4v) is 2.69. The Bertz CT molecular complexity index is 597. The molecule has 0 saturated heterocycles. The van der Waals surface area contributed by atoms with Crippen LogP contribution in [-0.4, -0.2) is 21.2 Å². The Morgan fingerprint density at radius 1 is 1.53 bits per heavy atom. The van der Waals surface area contributed by atoms with Crippen molar-refractivity contribution in [3.63, 3.8) is 0 Å². The van der Waals surface area contributed by atoms with E-state index in [0.29, 0.717) is 17.1 Å². The van der Waals surface area contributed by atoms with Gasteiger partial charge >= 0.3 is 5.69 Å². The third-order valence-corrected chi connectivity index (χ3v) is 3.45. The lowest BCUT2D eigenvalue weighted by Gasteiger charge is -2.07. The summed E-state index contributed by atoms with van der Waals surface area (Å²) in [6.07, 6.45) is 3.52. The minimum Gasteiger partial charge on any atom is -0.380 e. The van der Waals surface area contributed by atoms with Crippen LogP contribution in [0.1, 0.15) is 6.92 Å². The smallest absolute Gasteiger partial charge is 0.306 e. The van der Waals surface area contributed by atoms with E-state index in [4.69, 9.17) is 0 Å². The summed E-state index contributed by atoms with van der Waals surface area (Å²) in [6.45, 7) is 2.55. The van der Waals surface area contributed by atoms with Crippen molar-refractivity contribution in [3.05, 3.63) is 40.7 Å². The number of nitro groups is 1. The zero-order valence-corrected chi connectivity index (χ0v) is 11.5. The zero-order valence-electron chi connectivity index (χ0n) is 10.7. The molecule has 0 fully saturated rings. The highest BCUT2D eigenvalue weighted by molar-refractivity contribution is 7.99. The Balaban J connectivity index is 2.38. The minimum absolute atomic E-state index is 0.109. The van der Waals surface area contributed by atoms with E-state index in [2.05, 4.69) is 10.4 Å². The molecule has 0 radical (unpaired) electrons. The lowest BCUT2D eigenvalue weighted by molar-refractivity contribution is -0.386. The lowest BCUT2D eigenvalue weighted by atomic mass is 10.2. The first-order valence-electron chi connectivity index (χ1n) is 5.79. The van der Waals surface area contributed by atoms with Crippen molar-refractivity contribution in [1.29, 1.82) is 0 Å². The second-order valence-electron chi connectivity index (χ2n) is 3.89. The molecule has 100 valence electrons. The quantitative estimate of drug-likeness (QED) is 0.672. The summed E-state index contributed by atoms with van der Waals surface area (Å²) in [6, 6.07) is 5.27. The second kappa shape index (κ2) is 5.75. The van der Waals surface area contributed by atoms with Crippen LogP contribution in [0.5, 0.6) is 0 Å². The monoisotopic (exact) mass is 278 g/mol. The molecule has 1 aromatic carbocycles. The summed E-state index contributed by atoms with van der Waals surface area (Å²) < 4.78 is 1.67. The summed E-state index contributed by atoms with van der Waals surface area (Å²) in [4.78, 5) is 12.4. The zero-order chi connectivity index (χ0) is 13.8. The topological polar surface area (TPSA) is 73.0 Å². The summed E-state index contributed by atoms with van der Waals surface area (Å²) in [5.41, 5.74) is 0.652. The molecule has 0 aliphatic carbocycles. The maximum atomic E-state index is 11.2. The Labute approximate surface area is 115 Å². The van der Waals surface area contributed by atoms with Crippen LogP contribution in [-0.2, 0) is 7.05 Å². The number of aromatic nitrogens is 2. The SMILES string of the molecule is CCNc1cccc(Sc2cnn(C)c2)c1[N+](=O)[O-]. The number of aryl methyl sites for hydroxylation is 1. The highest BCUT2D eigenvalue weighted by atomic mass is 32.2. The van der Waals surface area contributed by atoms with Crippen molar-refractivity contribution in [2.24, 2.45) is 7.05 Å². The average Bonchev–Trinajstić information content (AvgIpc) is 2.75. The molecular formula is C12H14N4O2S. The molecule has 0 spiro atoms. The van der Waals surface area contributed by atoms with Gasteiger partial charge in [-0.05, 0) is 19.1 Å². The van der Waals surface area contributed by atoms with Crippen molar-refractivity contribution in [2.45, 2.75) is 16.7 Å². The van der Waals surface area contributed by atoms with Crippen molar-refractivity contribution < 1.29 is 4.92 Å². The van der Waals surface area contributed by atoms with Gasteiger partial charge in [0.25, 0.3) is 0 Å². The molecule has 0 aliphatic rings. The average molecular weight is 278 g/mol. The van der Waals surface area contributed by atoms with Crippen LogP contribution in [0.25, 0.3) is 0 Å². The molecule has 7 heteroatoms. The highest BCUT2D eigenvalue weighted by Gasteiger charge is 2.20. The van der Waals surface area contributed by atoms with Gasteiger partial charge in [0.1, 0.15) is 5.69 Å². The molecule has 1 N–H and O–H groups in total. The summed E-state index contributed by atoms with van der Waals surface area (Å²) >= 11 is 1.34. The first-order valence-corrected chi connectivity index (χ1v) is 6.61. The molecular weight excluding hydrogens is 264 g/mol. The fraction of sp³-hybridized carbons (Fsp3) is 0.250. The maximum Gasteiger partial charge on any atom is 0.306 e. The maximum absolute atomic E-state index is 11.2. The van der Waals surface area contributed by atoms with Gasteiger partial charge < -0.3 is 5.32 Å². The van der Waals surface area contributed by atoms with E-state index in [0.717, 1.165) is 4.90 Å². The van der Waals surface area contributed by atoms with Crippen LogP contribution in [0.3, 0.4) is 0 Å². The molecule has 1 aromatic heterocycles. The first-order chi connectivity index (χ1) is 9.11. The Morgan fingerprint density at radius 3 is 2.89 bits per heavy atom. The lowest BCUT2D eigenvalue weighted by Crippen LogP contribution is -2.02. The number of nitro benzene ring substituents is 1. The van der Waals surface area contributed by atoms with Gasteiger partial charge in [-0.15, -0.1) is 0 Å². The number of nitrogens with one attached hydrogen (secondary N) is 1. The summed E-state index contributed by atoms with van der Waals surface area (Å²) in [7, 11) is 1.81. The predicted molar refractivity (Wildman–Crippen MR) is 74.6 cm³/mol. The van der Waals surface area contributed by atoms with Crippen molar-refractivity contribution in [1.82, 2.24) is 9.78 Å². The largest absolute Gasteiger partial charge is 0.380 e. The highest BCUT2D eigenvalue weighted by Crippen LogP contribution is 2.38. The molecule has 19 heavy (non-hydrogen) atoms. The molecule has 0 amide bonds. The van der Waals surface area contributed by atoms with Gasteiger partial charge in [0.15, 0.2) is 0 Å². The van der Waals surface area contributed by atoms with Gasteiger partial charge in [0, 0.05) is 19.8 Å². The normalized spacial score (nSPS) is 10.4. The molecule has 2 aromatic rings. The second-order valence-corrected chi connectivity index (χ2v) is 5.01. The van der Waals surface area contributed by atoms with E-state index in [1.165, 1.54) is 11.8 Å². The third-order valence-electron chi connectivity index (χ3n) is 2.46. The van der Waals surface area contributed by atoms with Crippen LogP contribution >= 0.6 is 11.8 Å². The number of hydrogen-bond donors (Lipinski definition) is 1. The number of nitrogens with zero attached hydrogens (tertiary/aromatic N) is 3. The van der Waals surface area contributed by atoms with E-state index in [9.17, 15) is 10.1 Å². The number of hydrogen-bond acceptors (Lipinski definition) is 5. The minimum atomic E-state index is -0.351. The van der Waals surface area contributed by atoms with Gasteiger partial charge in [0.2, 0.25) is 0 Å². The van der Waals surface area contributed by atoms with Crippen LogP contribution in [0.2, 0.25) is 0 Å². The Morgan fingerprint density at radius 2 is 2.32 bits per heavy atom. The van der Waals surface area contributed by atoms with Crippen molar-refractivity contribution in [2.75, 3.05) is 11.9 Å². The molecule has 0 saturated carbocycles. The molecule has 0 unspecified atom stereocenters. The van der Waals surface area contributed by atoms with Gasteiger partial charge in [0.05, 0.1) is 20.9 Å². The number of anilines is 1. The molecule has 1 heterocycles. The van der Waals surface area contributed by atoms with Crippen molar-refractivity contribution >= 4 is 23.1 Å². The summed E-state index contributed by atoms with van der Waals surface area (Å²) in [5, 5.41) is 18.3. The van der Waals surface area contributed by atoms with Crippen LogP contribution in [0, 0.1) is 10.1 Å². The fourth-order valence-electron chi connectivity index (χ4n) is 1.70. The number of benzene rings is 1.